The smallest absolute Gasteiger partial charge is 0.236 e. The van der Waals surface area contributed by atoms with Gasteiger partial charge < -0.3 is 14.8 Å². The predicted molar refractivity (Wildman–Crippen MR) is 88.9 cm³/mol. The molecule has 0 bridgehead atoms. The molecule has 1 amide bonds. The highest BCUT2D eigenvalue weighted by Gasteiger charge is 2.16. The Kier molecular flexibility index (Phi) is 5.60. The maximum absolute atomic E-state index is 11.1. The van der Waals surface area contributed by atoms with Crippen LogP contribution in [0, 0.1) is 0 Å². The van der Waals surface area contributed by atoms with Gasteiger partial charge in [0.05, 0.1) is 19.1 Å². The summed E-state index contributed by atoms with van der Waals surface area (Å²) < 4.78 is 11.0. The molecule has 1 heterocycles. The number of ether oxygens (including phenoxy) is 2. The molecule has 0 spiro atoms. The molecular weight excluding hydrogens is 302 g/mol. The average Bonchev–Trinajstić information content (AvgIpc) is 2.91. The van der Waals surface area contributed by atoms with Crippen LogP contribution in [0.3, 0.4) is 0 Å². The molecule has 1 aliphatic rings. The van der Waals surface area contributed by atoms with Crippen LogP contribution in [0.5, 0.6) is 11.5 Å². The molecule has 22 heavy (non-hydrogen) atoms. The summed E-state index contributed by atoms with van der Waals surface area (Å²) in [4.78, 5) is 11.1. The quantitative estimate of drug-likeness (QED) is 0.496. The van der Waals surface area contributed by atoms with Gasteiger partial charge in [-0.1, -0.05) is 24.4 Å². The predicted octanol–water partition coefficient (Wildman–Crippen LogP) is 2.20. The first-order valence-corrected chi connectivity index (χ1v) is 7.56. The summed E-state index contributed by atoms with van der Waals surface area (Å²) in [6.45, 7) is 6.09. The Morgan fingerprint density at radius 2 is 2.36 bits per heavy atom. The van der Waals surface area contributed by atoms with E-state index in [4.69, 9.17) is 9.47 Å². The summed E-state index contributed by atoms with van der Waals surface area (Å²) in [6.07, 6.45) is 1.56. The second-order valence-electron chi connectivity index (χ2n) is 4.61. The van der Waals surface area contributed by atoms with Gasteiger partial charge in [-0.25, -0.2) is 0 Å². The summed E-state index contributed by atoms with van der Waals surface area (Å²) in [6, 6.07) is 5.50. The zero-order valence-corrected chi connectivity index (χ0v) is 13.3. The van der Waals surface area contributed by atoms with Crippen LogP contribution in [-0.4, -0.2) is 36.8 Å². The van der Waals surface area contributed by atoms with Crippen LogP contribution in [0.1, 0.15) is 12.5 Å². The van der Waals surface area contributed by atoms with E-state index in [1.54, 1.807) is 13.3 Å². The minimum atomic E-state index is -0.0641. The third kappa shape index (κ3) is 4.36. The van der Waals surface area contributed by atoms with E-state index < -0.39 is 0 Å². The molecule has 1 aromatic rings. The molecule has 0 saturated carbocycles. The number of hydrogen-bond donors (Lipinski definition) is 1. The van der Waals surface area contributed by atoms with E-state index >= 15 is 0 Å². The number of rotatable bonds is 6. The van der Waals surface area contributed by atoms with E-state index in [0.717, 1.165) is 11.1 Å². The number of hydrogen-bond acceptors (Lipinski definition) is 6. The molecule has 7 heteroatoms. The van der Waals surface area contributed by atoms with Gasteiger partial charge >= 0.3 is 0 Å². The van der Waals surface area contributed by atoms with Crippen LogP contribution >= 0.6 is 11.8 Å². The highest BCUT2D eigenvalue weighted by molar-refractivity contribution is 8.15. The Morgan fingerprint density at radius 1 is 1.55 bits per heavy atom. The topological polar surface area (TPSA) is 72.3 Å². The van der Waals surface area contributed by atoms with Gasteiger partial charge in [-0.3, -0.25) is 4.79 Å². The number of benzene rings is 1. The SMILES string of the molecule is C=C(C)COc1c(C=NN=C2NC(=O)CS2)cccc1OC. The van der Waals surface area contributed by atoms with Crippen molar-refractivity contribution < 1.29 is 14.3 Å². The zero-order chi connectivity index (χ0) is 15.9. The fourth-order valence-electron chi connectivity index (χ4n) is 1.67. The van der Waals surface area contributed by atoms with Gasteiger partial charge in [0.2, 0.25) is 5.91 Å². The van der Waals surface area contributed by atoms with Gasteiger partial charge in [-0.2, -0.15) is 5.10 Å². The second-order valence-corrected chi connectivity index (χ2v) is 5.58. The molecule has 0 atom stereocenters. The first kappa shape index (κ1) is 16.1. The van der Waals surface area contributed by atoms with Crippen molar-refractivity contribution in [2.24, 2.45) is 10.2 Å². The average molecular weight is 319 g/mol. The van der Waals surface area contributed by atoms with E-state index in [0.29, 0.717) is 29.0 Å². The molecule has 0 unspecified atom stereocenters. The number of nitrogens with zero attached hydrogens (tertiary/aromatic N) is 2. The van der Waals surface area contributed by atoms with Crippen molar-refractivity contribution in [3.63, 3.8) is 0 Å². The van der Waals surface area contributed by atoms with Crippen molar-refractivity contribution in [1.82, 2.24) is 5.32 Å². The van der Waals surface area contributed by atoms with Crippen LogP contribution in [0.4, 0.5) is 0 Å². The van der Waals surface area contributed by atoms with Crippen LogP contribution in [0.2, 0.25) is 0 Å². The number of para-hydroxylation sites is 1. The highest BCUT2D eigenvalue weighted by atomic mass is 32.2. The van der Waals surface area contributed by atoms with Gasteiger partial charge in [0, 0.05) is 5.56 Å². The number of carbonyl (C=O) groups excluding carboxylic acids is 1. The van der Waals surface area contributed by atoms with E-state index in [1.807, 2.05) is 25.1 Å². The monoisotopic (exact) mass is 319 g/mol. The molecule has 1 N–H and O–H groups in total. The van der Waals surface area contributed by atoms with Crippen LogP contribution in [0.15, 0.2) is 40.6 Å². The van der Waals surface area contributed by atoms with Crippen molar-refractivity contribution in [3.05, 3.63) is 35.9 Å². The zero-order valence-electron chi connectivity index (χ0n) is 12.5. The Morgan fingerprint density at radius 3 is 3.00 bits per heavy atom. The molecule has 1 saturated heterocycles. The van der Waals surface area contributed by atoms with Crippen molar-refractivity contribution in [3.8, 4) is 11.5 Å². The molecule has 2 rings (SSSR count). The number of amides is 1. The minimum Gasteiger partial charge on any atom is -0.493 e. The Hall–Kier alpha value is -2.28. The molecule has 1 fully saturated rings. The number of nitrogens with one attached hydrogen (secondary N) is 1. The summed E-state index contributed by atoms with van der Waals surface area (Å²) in [5, 5.41) is 11.1. The van der Waals surface area contributed by atoms with E-state index in [2.05, 4.69) is 22.1 Å². The van der Waals surface area contributed by atoms with Gasteiger partial charge in [-0.05, 0) is 24.6 Å². The van der Waals surface area contributed by atoms with E-state index in [9.17, 15) is 4.79 Å². The molecule has 0 aliphatic carbocycles. The lowest BCUT2D eigenvalue weighted by atomic mass is 10.2. The lowest BCUT2D eigenvalue weighted by Crippen LogP contribution is -2.19. The second kappa shape index (κ2) is 7.65. The van der Waals surface area contributed by atoms with Crippen molar-refractivity contribution in [2.75, 3.05) is 19.5 Å². The van der Waals surface area contributed by atoms with Crippen LogP contribution < -0.4 is 14.8 Å². The summed E-state index contributed by atoms with van der Waals surface area (Å²) in [7, 11) is 1.58. The molecule has 1 aliphatic heterocycles. The molecule has 0 radical (unpaired) electrons. The van der Waals surface area contributed by atoms with E-state index in [1.165, 1.54) is 11.8 Å². The molecular formula is C15H17N3O3S. The van der Waals surface area contributed by atoms with Crippen LogP contribution in [0.25, 0.3) is 0 Å². The van der Waals surface area contributed by atoms with Crippen LogP contribution in [-0.2, 0) is 4.79 Å². The molecule has 116 valence electrons. The summed E-state index contributed by atoms with van der Waals surface area (Å²) >= 11 is 1.32. The standard InChI is InChI=1S/C15H17N3O3S/c1-10(2)8-21-14-11(5-4-6-12(14)20-3)7-16-18-15-17-13(19)9-22-15/h4-7H,1,8-9H2,2-3H3,(H,17,18,19). The number of amidine groups is 1. The normalized spacial score (nSPS) is 16.1. The molecule has 0 aromatic heterocycles. The third-order valence-electron chi connectivity index (χ3n) is 2.62. The number of carbonyl (C=O) groups is 1. The summed E-state index contributed by atoms with van der Waals surface area (Å²) in [5.41, 5.74) is 1.64. The number of thioether (sulfide) groups is 1. The first-order chi connectivity index (χ1) is 10.6. The lowest BCUT2D eigenvalue weighted by Gasteiger charge is -2.12. The Bertz CT molecular complexity index is 641. The number of methoxy groups -OCH3 is 1. The maximum Gasteiger partial charge on any atom is 0.236 e. The highest BCUT2D eigenvalue weighted by Crippen LogP contribution is 2.30. The summed E-state index contributed by atoms with van der Waals surface area (Å²) in [5.74, 6) is 1.51. The van der Waals surface area contributed by atoms with Gasteiger partial charge in [0.1, 0.15) is 6.61 Å². The minimum absolute atomic E-state index is 0.0641. The van der Waals surface area contributed by atoms with Gasteiger partial charge in [0.25, 0.3) is 0 Å². The molecule has 1 aromatic carbocycles. The van der Waals surface area contributed by atoms with E-state index in [-0.39, 0.29) is 5.91 Å². The largest absolute Gasteiger partial charge is 0.493 e. The first-order valence-electron chi connectivity index (χ1n) is 6.58. The molecule has 6 nitrogen and oxygen atoms in total. The van der Waals surface area contributed by atoms with Gasteiger partial charge in [-0.15, -0.1) is 5.10 Å². The van der Waals surface area contributed by atoms with Gasteiger partial charge in [0.15, 0.2) is 16.7 Å². The van der Waals surface area contributed by atoms with Crippen molar-refractivity contribution >= 4 is 29.1 Å². The maximum atomic E-state index is 11.1. The Labute approximate surface area is 133 Å². The van der Waals surface area contributed by atoms with Crippen molar-refractivity contribution in [1.29, 1.82) is 0 Å². The fourth-order valence-corrected chi connectivity index (χ4v) is 2.30. The lowest BCUT2D eigenvalue weighted by molar-refractivity contribution is -0.116. The van der Waals surface area contributed by atoms with Crippen molar-refractivity contribution in [2.45, 2.75) is 6.92 Å². The third-order valence-corrected chi connectivity index (χ3v) is 3.49. The fraction of sp³-hybridized carbons (Fsp3) is 0.267. The Balaban J connectivity index is 2.18.